The fraction of sp³-hybridized carbons (Fsp3) is 0.150. The highest BCUT2D eigenvalue weighted by Crippen LogP contribution is 2.26. The van der Waals surface area contributed by atoms with Crippen LogP contribution in [0.5, 0.6) is 0 Å². The maximum Gasteiger partial charge on any atom is 0.234 e. The Morgan fingerprint density at radius 1 is 1.21 bits per heavy atom. The van der Waals surface area contributed by atoms with Gasteiger partial charge < -0.3 is 5.32 Å². The smallest absolute Gasteiger partial charge is 0.234 e. The Balaban J connectivity index is 1.72. The molecule has 8 heteroatoms. The molecule has 0 aliphatic rings. The molecule has 0 spiro atoms. The van der Waals surface area contributed by atoms with Crippen LogP contribution in [-0.4, -0.2) is 26.4 Å². The Kier molecular flexibility index (Phi) is 6.78. The summed E-state index contributed by atoms with van der Waals surface area (Å²) in [6, 6.07) is 12.9. The van der Waals surface area contributed by atoms with Crippen LogP contribution in [0.3, 0.4) is 0 Å². The van der Waals surface area contributed by atoms with E-state index in [-0.39, 0.29) is 11.7 Å². The molecule has 0 fully saturated rings. The lowest BCUT2D eigenvalue weighted by molar-refractivity contribution is -0.113. The Hall–Kier alpha value is -2.28. The number of rotatable bonds is 7. The van der Waals surface area contributed by atoms with Crippen LogP contribution < -0.4 is 5.32 Å². The fourth-order valence-corrected chi connectivity index (χ4v) is 3.70. The van der Waals surface area contributed by atoms with E-state index in [1.165, 1.54) is 11.8 Å². The third kappa shape index (κ3) is 4.95. The predicted octanol–water partition coefficient (Wildman–Crippen LogP) is 5.48. The van der Waals surface area contributed by atoms with Gasteiger partial charge in [-0.3, -0.25) is 9.36 Å². The normalized spacial score (nSPS) is 10.7. The molecule has 144 valence electrons. The Morgan fingerprint density at radius 3 is 2.64 bits per heavy atom. The van der Waals surface area contributed by atoms with Gasteiger partial charge >= 0.3 is 0 Å². The summed E-state index contributed by atoms with van der Waals surface area (Å²) in [5.41, 5.74) is 2.51. The van der Waals surface area contributed by atoms with Gasteiger partial charge in [0.05, 0.1) is 16.5 Å². The highest BCUT2D eigenvalue weighted by atomic mass is 35.5. The molecule has 5 nitrogen and oxygen atoms in total. The largest absolute Gasteiger partial charge is 0.324 e. The molecular formula is C20H18Cl2N4OS. The first-order chi connectivity index (χ1) is 13.5. The van der Waals surface area contributed by atoms with Crippen LogP contribution in [0.4, 0.5) is 5.69 Å². The summed E-state index contributed by atoms with van der Waals surface area (Å²) in [6.45, 7) is 6.26. The van der Waals surface area contributed by atoms with E-state index < -0.39 is 0 Å². The van der Waals surface area contributed by atoms with E-state index in [9.17, 15) is 4.79 Å². The number of nitrogens with one attached hydrogen (secondary N) is 1. The van der Waals surface area contributed by atoms with Crippen LogP contribution in [0, 0.1) is 6.92 Å². The fourth-order valence-electron chi connectivity index (χ4n) is 2.54. The molecule has 0 bridgehead atoms. The number of amides is 1. The molecule has 0 saturated heterocycles. The van der Waals surface area contributed by atoms with Gasteiger partial charge in [-0.05, 0) is 48.9 Å². The van der Waals surface area contributed by atoms with Crippen molar-refractivity contribution < 1.29 is 4.79 Å². The maximum absolute atomic E-state index is 12.3. The summed E-state index contributed by atoms with van der Waals surface area (Å²) in [5, 5.41) is 13.1. The summed E-state index contributed by atoms with van der Waals surface area (Å²) in [4.78, 5) is 12.3. The third-order valence-electron chi connectivity index (χ3n) is 3.86. The molecule has 1 amide bonds. The van der Waals surface area contributed by atoms with Crippen molar-refractivity contribution in [2.45, 2.75) is 18.6 Å². The number of aryl methyl sites for hydroxylation is 1. The highest BCUT2D eigenvalue weighted by molar-refractivity contribution is 7.99. The van der Waals surface area contributed by atoms with Gasteiger partial charge in [0.15, 0.2) is 11.0 Å². The molecule has 0 radical (unpaired) electrons. The van der Waals surface area contributed by atoms with E-state index in [0.717, 1.165) is 11.1 Å². The van der Waals surface area contributed by atoms with Gasteiger partial charge in [-0.2, -0.15) is 0 Å². The second-order valence-corrected chi connectivity index (χ2v) is 7.82. The minimum Gasteiger partial charge on any atom is -0.324 e. The zero-order valence-corrected chi connectivity index (χ0v) is 17.5. The van der Waals surface area contributed by atoms with E-state index in [1.807, 2.05) is 35.8 Å². The molecule has 1 N–H and O–H groups in total. The van der Waals surface area contributed by atoms with Crippen molar-refractivity contribution in [3.8, 4) is 11.4 Å². The van der Waals surface area contributed by atoms with E-state index in [2.05, 4.69) is 22.1 Å². The molecular weight excluding hydrogens is 415 g/mol. The lowest BCUT2D eigenvalue weighted by Crippen LogP contribution is -2.15. The van der Waals surface area contributed by atoms with Gasteiger partial charge in [0.2, 0.25) is 5.91 Å². The molecule has 0 aliphatic carbocycles. The number of hydrogen-bond acceptors (Lipinski definition) is 4. The first-order valence-corrected chi connectivity index (χ1v) is 10.2. The van der Waals surface area contributed by atoms with Crippen molar-refractivity contribution in [2.75, 3.05) is 11.1 Å². The van der Waals surface area contributed by atoms with Crippen molar-refractivity contribution in [1.82, 2.24) is 14.8 Å². The molecule has 0 aliphatic heterocycles. The van der Waals surface area contributed by atoms with E-state index >= 15 is 0 Å². The highest BCUT2D eigenvalue weighted by Gasteiger charge is 2.15. The molecule has 3 rings (SSSR count). The van der Waals surface area contributed by atoms with Crippen LogP contribution in [0.15, 0.2) is 60.3 Å². The van der Waals surface area contributed by atoms with E-state index in [0.29, 0.717) is 33.3 Å². The van der Waals surface area contributed by atoms with Gasteiger partial charge in [0.25, 0.3) is 0 Å². The first-order valence-electron chi connectivity index (χ1n) is 8.46. The number of carbonyl (C=O) groups is 1. The summed E-state index contributed by atoms with van der Waals surface area (Å²) >= 11 is 13.4. The van der Waals surface area contributed by atoms with E-state index in [1.54, 1.807) is 24.3 Å². The molecule has 0 saturated carbocycles. The molecule has 3 aromatic rings. The van der Waals surface area contributed by atoms with Crippen LogP contribution in [0.2, 0.25) is 10.0 Å². The van der Waals surface area contributed by atoms with Gasteiger partial charge in [0.1, 0.15) is 0 Å². The topological polar surface area (TPSA) is 59.8 Å². The third-order valence-corrected chi connectivity index (χ3v) is 5.39. The Morgan fingerprint density at radius 2 is 1.96 bits per heavy atom. The summed E-state index contributed by atoms with van der Waals surface area (Å²) in [7, 11) is 0. The maximum atomic E-state index is 12.3. The molecule has 2 aromatic carbocycles. The number of allylic oxidation sites excluding steroid dienone is 1. The summed E-state index contributed by atoms with van der Waals surface area (Å²) in [6.07, 6.45) is 1.76. The van der Waals surface area contributed by atoms with Crippen molar-refractivity contribution in [1.29, 1.82) is 0 Å². The van der Waals surface area contributed by atoms with Crippen LogP contribution in [0.25, 0.3) is 11.4 Å². The van der Waals surface area contributed by atoms with Gasteiger partial charge in [-0.1, -0.05) is 47.1 Å². The zero-order valence-electron chi connectivity index (χ0n) is 15.2. The van der Waals surface area contributed by atoms with Crippen molar-refractivity contribution in [2.24, 2.45) is 0 Å². The minimum absolute atomic E-state index is 0.169. The Bertz CT molecular complexity index is 1000. The SMILES string of the molecule is C=CCn1c(SCC(=O)Nc2ccc(C)cc2Cl)nnc1-c1ccc(Cl)cc1. The number of thioether (sulfide) groups is 1. The molecule has 28 heavy (non-hydrogen) atoms. The quantitative estimate of drug-likeness (QED) is 0.396. The number of benzene rings is 2. The number of halogens is 2. The summed E-state index contributed by atoms with van der Waals surface area (Å²) in [5.74, 6) is 0.707. The lowest BCUT2D eigenvalue weighted by Gasteiger charge is -2.09. The number of anilines is 1. The van der Waals surface area contributed by atoms with Crippen LogP contribution in [-0.2, 0) is 11.3 Å². The monoisotopic (exact) mass is 432 g/mol. The second kappa shape index (κ2) is 9.28. The molecule has 1 heterocycles. The average molecular weight is 433 g/mol. The first kappa shape index (κ1) is 20.5. The minimum atomic E-state index is -0.169. The number of hydrogen-bond donors (Lipinski definition) is 1. The molecule has 1 aromatic heterocycles. The number of aromatic nitrogens is 3. The average Bonchev–Trinajstić information content (AvgIpc) is 3.06. The van der Waals surface area contributed by atoms with E-state index in [4.69, 9.17) is 23.2 Å². The van der Waals surface area contributed by atoms with Crippen LogP contribution in [0.1, 0.15) is 5.56 Å². The van der Waals surface area contributed by atoms with Crippen molar-refractivity contribution in [3.63, 3.8) is 0 Å². The number of nitrogens with zero attached hydrogens (tertiary/aromatic N) is 3. The lowest BCUT2D eigenvalue weighted by atomic mass is 10.2. The van der Waals surface area contributed by atoms with Crippen molar-refractivity contribution in [3.05, 3.63) is 70.7 Å². The van der Waals surface area contributed by atoms with Gasteiger partial charge in [0, 0.05) is 17.1 Å². The van der Waals surface area contributed by atoms with Crippen LogP contribution >= 0.6 is 35.0 Å². The van der Waals surface area contributed by atoms with Gasteiger partial charge in [-0.15, -0.1) is 16.8 Å². The zero-order chi connectivity index (χ0) is 20.1. The Labute approximate surface area is 177 Å². The summed E-state index contributed by atoms with van der Waals surface area (Å²) < 4.78 is 1.91. The standard InChI is InChI=1S/C20H18Cl2N4OS/c1-3-10-26-19(14-5-7-15(21)8-6-14)24-25-20(26)28-12-18(27)23-17-9-4-13(2)11-16(17)22/h3-9,11H,1,10,12H2,2H3,(H,23,27). The van der Waals surface area contributed by atoms with Crippen molar-refractivity contribution >= 4 is 46.6 Å². The second-order valence-electron chi connectivity index (χ2n) is 6.03. The molecule has 0 unspecified atom stereocenters. The number of carbonyl (C=O) groups excluding carboxylic acids is 1. The predicted molar refractivity (Wildman–Crippen MR) is 116 cm³/mol. The molecule has 0 atom stereocenters. The van der Waals surface area contributed by atoms with Gasteiger partial charge in [-0.25, -0.2) is 0 Å².